The Morgan fingerprint density at radius 3 is 2.68 bits per heavy atom. The number of amides is 1. The number of nitrogens with one attached hydrogen (secondary N) is 1. The predicted molar refractivity (Wildman–Crippen MR) is 96.2 cm³/mol. The first-order chi connectivity index (χ1) is 13.2. The SMILES string of the molecule is Cc1oc(-c2cccc(C(F)(F)F)c2)nc1CN1CCC2(CC1)CNC(=O)C2. The third-order valence-corrected chi connectivity index (χ3v) is 5.82. The Labute approximate surface area is 160 Å². The number of rotatable bonds is 3. The van der Waals surface area contributed by atoms with Gasteiger partial charge in [0.05, 0.1) is 11.3 Å². The van der Waals surface area contributed by atoms with Crippen LogP contribution in [0.25, 0.3) is 11.5 Å². The fraction of sp³-hybridized carbons (Fsp3) is 0.500. The van der Waals surface area contributed by atoms with Crippen LogP contribution >= 0.6 is 0 Å². The highest BCUT2D eigenvalue weighted by atomic mass is 19.4. The Bertz CT molecular complexity index is 883. The van der Waals surface area contributed by atoms with Crippen LogP contribution in [-0.4, -0.2) is 35.4 Å². The molecular weight excluding hydrogens is 371 g/mol. The molecule has 1 amide bonds. The van der Waals surface area contributed by atoms with E-state index in [1.807, 2.05) is 0 Å². The second kappa shape index (κ2) is 6.92. The molecule has 2 saturated heterocycles. The van der Waals surface area contributed by atoms with Gasteiger partial charge in [-0.25, -0.2) is 4.98 Å². The first-order valence-corrected chi connectivity index (χ1v) is 9.37. The summed E-state index contributed by atoms with van der Waals surface area (Å²) < 4.78 is 44.5. The highest BCUT2D eigenvalue weighted by Crippen LogP contribution is 2.38. The minimum absolute atomic E-state index is 0.0790. The minimum Gasteiger partial charge on any atom is -0.441 e. The molecule has 1 aromatic carbocycles. The summed E-state index contributed by atoms with van der Waals surface area (Å²) in [4.78, 5) is 18.3. The monoisotopic (exact) mass is 393 g/mol. The molecule has 2 aliphatic rings. The lowest BCUT2D eigenvalue weighted by Crippen LogP contribution is -2.40. The smallest absolute Gasteiger partial charge is 0.416 e. The van der Waals surface area contributed by atoms with Gasteiger partial charge < -0.3 is 9.73 Å². The van der Waals surface area contributed by atoms with Crippen molar-refractivity contribution in [2.24, 2.45) is 5.41 Å². The Morgan fingerprint density at radius 1 is 1.29 bits per heavy atom. The van der Waals surface area contributed by atoms with Crippen LogP contribution < -0.4 is 5.32 Å². The number of aromatic nitrogens is 1. The molecule has 0 saturated carbocycles. The van der Waals surface area contributed by atoms with Crippen molar-refractivity contribution in [1.82, 2.24) is 15.2 Å². The summed E-state index contributed by atoms with van der Waals surface area (Å²) in [7, 11) is 0. The lowest BCUT2D eigenvalue weighted by Gasteiger charge is -2.37. The largest absolute Gasteiger partial charge is 0.441 e. The first-order valence-electron chi connectivity index (χ1n) is 9.37. The molecule has 0 atom stereocenters. The van der Waals surface area contributed by atoms with Crippen LogP contribution in [-0.2, 0) is 17.5 Å². The van der Waals surface area contributed by atoms with Gasteiger partial charge in [0.25, 0.3) is 0 Å². The molecule has 4 rings (SSSR count). The average Bonchev–Trinajstić information content (AvgIpc) is 3.20. The number of likely N-dealkylation sites (tertiary alicyclic amines) is 1. The van der Waals surface area contributed by atoms with Crippen molar-refractivity contribution in [3.8, 4) is 11.5 Å². The van der Waals surface area contributed by atoms with E-state index >= 15 is 0 Å². The molecule has 28 heavy (non-hydrogen) atoms. The molecule has 0 radical (unpaired) electrons. The number of hydrogen-bond donors (Lipinski definition) is 1. The van der Waals surface area contributed by atoms with E-state index in [9.17, 15) is 18.0 Å². The molecule has 2 fully saturated rings. The van der Waals surface area contributed by atoms with Crippen LogP contribution in [0.3, 0.4) is 0 Å². The summed E-state index contributed by atoms with van der Waals surface area (Å²) in [6.45, 7) is 4.85. The van der Waals surface area contributed by atoms with Gasteiger partial charge in [-0.15, -0.1) is 0 Å². The number of halogens is 3. The molecule has 5 nitrogen and oxygen atoms in total. The van der Waals surface area contributed by atoms with Crippen molar-refractivity contribution >= 4 is 5.91 Å². The number of piperidine rings is 1. The van der Waals surface area contributed by atoms with Gasteiger partial charge in [0.2, 0.25) is 11.8 Å². The fourth-order valence-electron chi connectivity index (χ4n) is 4.03. The van der Waals surface area contributed by atoms with Crippen molar-refractivity contribution in [2.45, 2.75) is 38.9 Å². The standard InChI is InChI=1S/C20H22F3N3O2/c1-13-16(11-26-7-5-19(6-8-26)10-17(27)24-12-19)25-18(28-13)14-3-2-4-15(9-14)20(21,22)23/h2-4,9H,5-8,10-12H2,1H3,(H,24,27). The highest BCUT2D eigenvalue weighted by molar-refractivity contribution is 5.79. The van der Waals surface area contributed by atoms with Gasteiger partial charge >= 0.3 is 6.18 Å². The zero-order chi connectivity index (χ0) is 19.9. The topological polar surface area (TPSA) is 58.4 Å². The van der Waals surface area contributed by atoms with Crippen molar-refractivity contribution < 1.29 is 22.4 Å². The summed E-state index contributed by atoms with van der Waals surface area (Å²) in [5, 5.41) is 2.93. The highest BCUT2D eigenvalue weighted by Gasteiger charge is 2.41. The number of alkyl halides is 3. The zero-order valence-corrected chi connectivity index (χ0v) is 15.6. The van der Waals surface area contributed by atoms with Gasteiger partial charge in [-0.05, 0) is 56.5 Å². The van der Waals surface area contributed by atoms with E-state index in [-0.39, 0.29) is 17.2 Å². The van der Waals surface area contributed by atoms with Gasteiger partial charge in [-0.2, -0.15) is 13.2 Å². The van der Waals surface area contributed by atoms with Crippen LogP contribution in [0.15, 0.2) is 28.7 Å². The van der Waals surface area contributed by atoms with Gasteiger partial charge in [-0.1, -0.05) is 6.07 Å². The summed E-state index contributed by atoms with van der Waals surface area (Å²) in [5.41, 5.74) is 0.417. The molecule has 1 spiro atoms. The number of carbonyl (C=O) groups excluding carboxylic acids is 1. The maximum Gasteiger partial charge on any atom is 0.416 e. The number of hydrogen-bond acceptors (Lipinski definition) is 4. The summed E-state index contributed by atoms with van der Waals surface area (Å²) in [5.74, 6) is 0.953. The van der Waals surface area contributed by atoms with E-state index in [0.717, 1.165) is 50.3 Å². The van der Waals surface area contributed by atoms with Gasteiger partial charge in [0, 0.05) is 25.1 Å². The van der Waals surface area contributed by atoms with Gasteiger partial charge in [-0.3, -0.25) is 9.69 Å². The maximum atomic E-state index is 12.9. The molecule has 1 aromatic heterocycles. The van der Waals surface area contributed by atoms with Crippen LogP contribution in [0.5, 0.6) is 0 Å². The van der Waals surface area contributed by atoms with E-state index in [4.69, 9.17) is 4.42 Å². The maximum absolute atomic E-state index is 12.9. The summed E-state index contributed by atoms with van der Waals surface area (Å²) in [6.07, 6.45) is -1.91. The van der Waals surface area contributed by atoms with Gasteiger partial charge in [0.15, 0.2) is 0 Å². The van der Waals surface area contributed by atoms with Crippen LogP contribution in [0, 0.1) is 12.3 Å². The molecular formula is C20H22F3N3O2. The van der Waals surface area contributed by atoms with E-state index in [1.54, 1.807) is 13.0 Å². The zero-order valence-electron chi connectivity index (χ0n) is 15.6. The molecule has 0 unspecified atom stereocenters. The first kappa shape index (κ1) is 19.0. The lowest BCUT2D eigenvalue weighted by atomic mass is 9.77. The molecule has 8 heteroatoms. The van der Waals surface area contributed by atoms with Crippen molar-refractivity contribution in [1.29, 1.82) is 0 Å². The lowest BCUT2D eigenvalue weighted by molar-refractivity contribution is -0.137. The van der Waals surface area contributed by atoms with Crippen molar-refractivity contribution in [3.05, 3.63) is 41.3 Å². The molecule has 2 aromatic rings. The van der Waals surface area contributed by atoms with Crippen molar-refractivity contribution in [2.75, 3.05) is 19.6 Å². The normalized spacial score (nSPS) is 19.9. The Balaban J connectivity index is 1.45. The number of aryl methyl sites for hydroxylation is 1. The Kier molecular flexibility index (Phi) is 4.69. The van der Waals surface area contributed by atoms with E-state index in [2.05, 4.69) is 15.2 Å². The van der Waals surface area contributed by atoms with E-state index in [1.165, 1.54) is 6.07 Å². The van der Waals surface area contributed by atoms with Crippen LogP contribution in [0.2, 0.25) is 0 Å². The minimum atomic E-state index is -4.40. The Morgan fingerprint density at radius 2 is 2.04 bits per heavy atom. The molecule has 150 valence electrons. The molecule has 1 N–H and O–H groups in total. The quantitative estimate of drug-likeness (QED) is 0.863. The second-order valence-corrected chi connectivity index (χ2v) is 7.83. The van der Waals surface area contributed by atoms with E-state index < -0.39 is 11.7 Å². The average molecular weight is 393 g/mol. The van der Waals surface area contributed by atoms with Crippen LogP contribution in [0.1, 0.15) is 36.3 Å². The fourth-order valence-corrected chi connectivity index (χ4v) is 4.03. The third kappa shape index (κ3) is 3.78. The third-order valence-electron chi connectivity index (χ3n) is 5.82. The van der Waals surface area contributed by atoms with Crippen molar-refractivity contribution in [3.63, 3.8) is 0 Å². The number of nitrogens with zero attached hydrogens (tertiary/aromatic N) is 2. The number of oxazole rings is 1. The number of benzene rings is 1. The predicted octanol–water partition coefficient (Wildman–Crippen LogP) is 3.77. The molecule has 2 aliphatic heterocycles. The molecule has 0 bridgehead atoms. The van der Waals surface area contributed by atoms with Gasteiger partial charge in [0.1, 0.15) is 5.76 Å². The van der Waals surface area contributed by atoms with E-state index in [0.29, 0.717) is 24.3 Å². The summed E-state index contributed by atoms with van der Waals surface area (Å²) in [6, 6.07) is 5.02. The summed E-state index contributed by atoms with van der Waals surface area (Å²) >= 11 is 0. The Hall–Kier alpha value is -2.35. The number of carbonyl (C=O) groups is 1. The second-order valence-electron chi connectivity index (χ2n) is 7.83. The van der Waals surface area contributed by atoms with Crippen LogP contribution in [0.4, 0.5) is 13.2 Å². The molecule has 3 heterocycles. The molecule has 0 aliphatic carbocycles.